The van der Waals surface area contributed by atoms with Crippen molar-refractivity contribution in [3.63, 3.8) is 0 Å². The minimum atomic E-state index is -0.817. The molecule has 2 aromatic rings. The van der Waals surface area contributed by atoms with Gasteiger partial charge in [0.15, 0.2) is 0 Å². The van der Waals surface area contributed by atoms with Gasteiger partial charge in [-0.1, -0.05) is 11.6 Å². The second kappa shape index (κ2) is 6.38. The Bertz CT molecular complexity index is 612. The monoisotopic (exact) mass is 296 g/mol. The summed E-state index contributed by atoms with van der Waals surface area (Å²) in [4.78, 5) is 10.4. The Morgan fingerprint density at radius 3 is 2.85 bits per heavy atom. The molecular formula is C13H13ClN2O4. The Balaban J connectivity index is 2.01. The molecule has 1 heterocycles. The zero-order chi connectivity index (χ0) is 14.5. The summed E-state index contributed by atoms with van der Waals surface area (Å²) < 4.78 is 5.45. The number of benzene rings is 1. The lowest BCUT2D eigenvalue weighted by molar-refractivity contribution is -0.137. The highest BCUT2D eigenvalue weighted by Gasteiger charge is 2.12. The number of halogens is 1. The first-order chi connectivity index (χ1) is 9.56. The van der Waals surface area contributed by atoms with Crippen LogP contribution in [0.4, 0.5) is 0 Å². The molecule has 0 bridgehead atoms. The van der Waals surface area contributed by atoms with Crippen LogP contribution in [0, 0.1) is 0 Å². The van der Waals surface area contributed by atoms with Crippen LogP contribution in [0.25, 0.3) is 11.5 Å². The van der Waals surface area contributed by atoms with Crippen molar-refractivity contribution < 1.29 is 19.4 Å². The van der Waals surface area contributed by atoms with Gasteiger partial charge in [0.1, 0.15) is 5.75 Å². The SMILES string of the molecule is O=C(O)CCCCc1nnc(-c2cc(O)ccc2Cl)o1. The van der Waals surface area contributed by atoms with Gasteiger partial charge in [-0.3, -0.25) is 4.79 Å². The number of carboxylic acids is 1. The van der Waals surface area contributed by atoms with Crippen LogP contribution in [-0.4, -0.2) is 26.4 Å². The van der Waals surface area contributed by atoms with Crippen molar-refractivity contribution in [3.05, 3.63) is 29.1 Å². The standard InChI is InChI=1S/C13H13ClN2O4/c14-10-6-5-8(17)7-9(10)13-16-15-11(20-13)3-1-2-4-12(18)19/h5-7,17H,1-4H2,(H,18,19). The highest BCUT2D eigenvalue weighted by atomic mass is 35.5. The van der Waals surface area contributed by atoms with E-state index in [1.165, 1.54) is 12.1 Å². The van der Waals surface area contributed by atoms with E-state index in [4.69, 9.17) is 21.1 Å². The number of nitrogens with zero attached hydrogens (tertiary/aromatic N) is 2. The summed E-state index contributed by atoms with van der Waals surface area (Å²) in [7, 11) is 0. The molecule has 2 rings (SSSR count). The third-order valence-electron chi connectivity index (χ3n) is 2.68. The summed E-state index contributed by atoms with van der Waals surface area (Å²) in [6.07, 6.45) is 1.84. The van der Waals surface area contributed by atoms with E-state index in [-0.39, 0.29) is 18.1 Å². The number of hydrogen-bond acceptors (Lipinski definition) is 5. The summed E-state index contributed by atoms with van der Waals surface area (Å²) in [6.45, 7) is 0. The molecule has 106 valence electrons. The lowest BCUT2D eigenvalue weighted by Crippen LogP contribution is -1.95. The average Bonchev–Trinajstić information content (AvgIpc) is 2.86. The minimum Gasteiger partial charge on any atom is -0.508 e. The number of aliphatic carboxylic acids is 1. The van der Waals surface area contributed by atoms with Crippen LogP contribution in [-0.2, 0) is 11.2 Å². The van der Waals surface area contributed by atoms with Gasteiger partial charge in [0.05, 0.1) is 10.6 Å². The van der Waals surface area contributed by atoms with Gasteiger partial charge in [0, 0.05) is 12.8 Å². The van der Waals surface area contributed by atoms with E-state index in [0.717, 1.165) is 0 Å². The lowest BCUT2D eigenvalue weighted by atomic mass is 10.2. The van der Waals surface area contributed by atoms with Crippen LogP contribution in [0.3, 0.4) is 0 Å². The number of carboxylic acid groups (broad SMARTS) is 1. The number of phenols is 1. The predicted octanol–water partition coefficient (Wildman–Crippen LogP) is 2.89. The lowest BCUT2D eigenvalue weighted by Gasteiger charge is -1.99. The number of rotatable bonds is 6. The average molecular weight is 297 g/mol. The van der Waals surface area contributed by atoms with E-state index in [9.17, 15) is 9.90 Å². The van der Waals surface area contributed by atoms with Crippen molar-refractivity contribution >= 4 is 17.6 Å². The first-order valence-electron chi connectivity index (χ1n) is 6.09. The molecular weight excluding hydrogens is 284 g/mol. The molecule has 20 heavy (non-hydrogen) atoms. The molecule has 0 aliphatic rings. The van der Waals surface area contributed by atoms with Gasteiger partial charge in [0.25, 0.3) is 0 Å². The predicted molar refractivity (Wildman–Crippen MR) is 71.6 cm³/mol. The summed E-state index contributed by atoms with van der Waals surface area (Å²) in [6, 6.07) is 4.46. The van der Waals surface area contributed by atoms with Crippen molar-refractivity contribution in [1.82, 2.24) is 10.2 Å². The number of carbonyl (C=O) groups is 1. The molecule has 1 aromatic carbocycles. The Kier molecular flexibility index (Phi) is 4.57. The van der Waals surface area contributed by atoms with Gasteiger partial charge in [-0.25, -0.2) is 0 Å². The van der Waals surface area contributed by atoms with E-state index >= 15 is 0 Å². The number of aromatic hydroxyl groups is 1. The largest absolute Gasteiger partial charge is 0.508 e. The highest BCUT2D eigenvalue weighted by molar-refractivity contribution is 6.33. The number of hydrogen-bond donors (Lipinski definition) is 2. The fraction of sp³-hybridized carbons (Fsp3) is 0.308. The van der Waals surface area contributed by atoms with Crippen LogP contribution >= 0.6 is 11.6 Å². The van der Waals surface area contributed by atoms with E-state index in [1.807, 2.05) is 0 Å². The molecule has 0 spiro atoms. The zero-order valence-electron chi connectivity index (χ0n) is 10.5. The maximum Gasteiger partial charge on any atom is 0.303 e. The quantitative estimate of drug-likeness (QED) is 0.796. The van der Waals surface area contributed by atoms with Gasteiger partial charge in [-0.05, 0) is 31.0 Å². The number of aromatic nitrogens is 2. The normalized spacial score (nSPS) is 10.7. The van der Waals surface area contributed by atoms with Crippen molar-refractivity contribution in [2.45, 2.75) is 25.7 Å². The third kappa shape index (κ3) is 3.71. The van der Waals surface area contributed by atoms with Crippen LogP contribution in [0.15, 0.2) is 22.6 Å². The molecule has 0 saturated heterocycles. The van der Waals surface area contributed by atoms with Crippen molar-refractivity contribution in [1.29, 1.82) is 0 Å². The topological polar surface area (TPSA) is 96.5 Å². The molecule has 0 aliphatic carbocycles. The maximum atomic E-state index is 10.4. The molecule has 2 N–H and O–H groups in total. The van der Waals surface area contributed by atoms with Crippen LogP contribution < -0.4 is 0 Å². The van der Waals surface area contributed by atoms with Crippen molar-refractivity contribution in [2.24, 2.45) is 0 Å². The Morgan fingerprint density at radius 1 is 1.30 bits per heavy atom. The second-order valence-electron chi connectivity index (χ2n) is 4.27. The molecule has 6 nitrogen and oxygen atoms in total. The zero-order valence-corrected chi connectivity index (χ0v) is 11.3. The fourth-order valence-corrected chi connectivity index (χ4v) is 1.89. The van der Waals surface area contributed by atoms with E-state index in [2.05, 4.69) is 10.2 Å². The van der Waals surface area contributed by atoms with E-state index < -0.39 is 5.97 Å². The first-order valence-corrected chi connectivity index (χ1v) is 6.47. The van der Waals surface area contributed by atoms with Gasteiger partial charge in [0.2, 0.25) is 11.8 Å². The summed E-state index contributed by atoms with van der Waals surface area (Å²) in [5.41, 5.74) is 0.468. The molecule has 0 amide bonds. The Hall–Kier alpha value is -2.08. The van der Waals surface area contributed by atoms with Gasteiger partial charge in [-0.15, -0.1) is 10.2 Å². The number of aryl methyl sites for hydroxylation is 1. The van der Waals surface area contributed by atoms with Gasteiger partial charge >= 0.3 is 5.97 Å². The maximum absolute atomic E-state index is 10.4. The van der Waals surface area contributed by atoms with Gasteiger partial charge in [-0.2, -0.15) is 0 Å². The van der Waals surface area contributed by atoms with Crippen molar-refractivity contribution in [2.75, 3.05) is 0 Å². The molecule has 0 saturated carbocycles. The van der Waals surface area contributed by atoms with Crippen LogP contribution in [0.5, 0.6) is 5.75 Å². The number of phenolic OH excluding ortho intramolecular Hbond substituents is 1. The molecule has 0 fully saturated rings. The van der Waals surface area contributed by atoms with Crippen LogP contribution in [0.2, 0.25) is 5.02 Å². The molecule has 7 heteroatoms. The van der Waals surface area contributed by atoms with Crippen molar-refractivity contribution in [3.8, 4) is 17.2 Å². The Morgan fingerprint density at radius 2 is 2.10 bits per heavy atom. The Labute approximate surface area is 120 Å². The van der Waals surface area contributed by atoms with Gasteiger partial charge < -0.3 is 14.6 Å². The summed E-state index contributed by atoms with van der Waals surface area (Å²) in [5, 5.41) is 26.1. The van der Waals surface area contributed by atoms with E-state index in [0.29, 0.717) is 35.7 Å². The molecule has 0 atom stereocenters. The second-order valence-corrected chi connectivity index (χ2v) is 4.67. The first kappa shape index (κ1) is 14.3. The smallest absolute Gasteiger partial charge is 0.303 e. The highest BCUT2D eigenvalue weighted by Crippen LogP contribution is 2.30. The summed E-state index contributed by atoms with van der Waals surface area (Å²) in [5.74, 6) is -0.0997. The molecule has 1 aromatic heterocycles. The minimum absolute atomic E-state index is 0.0607. The van der Waals surface area contributed by atoms with Crippen LogP contribution in [0.1, 0.15) is 25.2 Å². The molecule has 0 unspecified atom stereocenters. The molecule has 0 radical (unpaired) electrons. The fourth-order valence-electron chi connectivity index (χ4n) is 1.69. The summed E-state index contributed by atoms with van der Waals surface area (Å²) >= 11 is 6.00. The molecule has 0 aliphatic heterocycles. The third-order valence-corrected chi connectivity index (χ3v) is 3.01. The number of unbranched alkanes of at least 4 members (excludes halogenated alkanes) is 1. The van der Waals surface area contributed by atoms with E-state index in [1.54, 1.807) is 6.07 Å².